The van der Waals surface area contributed by atoms with Crippen molar-refractivity contribution in [3.8, 4) is 0 Å². The summed E-state index contributed by atoms with van der Waals surface area (Å²) in [7, 11) is 0. The van der Waals surface area contributed by atoms with Gasteiger partial charge in [0.05, 0.1) is 0 Å². The number of rotatable bonds is 1. The molecular formula is C15H22. The maximum absolute atomic E-state index is 2.39. The van der Waals surface area contributed by atoms with E-state index in [2.05, 4.69) is 45.9 Å². The first-order chi connectivity index (χ1) is 7.08. The van der Waals surface area contributed by atoms with Crippen molar-refractivity contribution in [3.05, 3.63) is 34.9 Å². The van der Waals surface area contributed by atoms with Gasteiger partial charge in [-0.3, -0.25) is 0 Å². The van der Waals surface area contributed by atoms with Crippen molar-refractivity contribution in [2.24, 2.45) is 11.8 Å². The lowest BCUT2D eigenvalue weighted by atomic mass is 9.73. The summed E-state index contributed by atoms with van der Waals surface area (Å²) in [4.78, 5) is 0. The van der Waals surface area contributed by atoms with Crippen molar-refractivity contribution in [1.29, 1.82) is 0 Å². The fraction of sp³-hybridized carbons (Fsp3) is 0.600. The summed E-state index contributed by atoms with van der Waals surface area (Å²) in [5, 5.41) is 0. The summed E-state index contributed by atoms with van der Waals surface area (Å²) in [6.45, 7) is 9.29. The van der Waals surface area contributed by atoms with Crippen LogP contribution in [0.15, 0.2) is 18.2 Å². The average Bonchev–Trinajstić information content (AvgIpc) is 2.16. The van der Waals surface area contributed by atoms with E-state index in [0.717, 1.165) is 17.8 Å². The van der Waals surface area contributed by atoms with Gasteiger partial charge >= 0.3 is 0 Å². The molecule has 82 valence electrons. The molecule has 0 saturated heterocycles. The Morgan fingerprint density at radius 1 is 1.27 bits per heavy atom. The fourth-order valence-corrected chi connectivity index (χ4v) is 2.85. The van der Waals surface area contributed by atoms with E-state index in [-0.39, 0.29) is 0 Å². The molecule has 0 fully saturated rings. The second kappa shape index (κ2) is 4.00. The van der Waals surface area contributed by atoms with Gasteiger partial charge in [0, 0.05) is 0 Å². The van der Waals surface area contributed by atoms with Crippen molar-refractivity contribution in [3.63, 3.8) is 0 Å². The van der Waals surface area contributed by atoms with Crippen LogP contribution < -0.4 is 0 Å². The van der Waals surface area contributed by atoms with E-state index in [0.29, 0.717) is 0 Å². The third kappa shape index (κ3) is 2.09. The minimum absolute atomic E-state index is 0.752. The summed E-state index contributed by atoms with van der Waals surface area (Å²) in [5.41, 5.74) is 4.61. The molecule has 0 aromatic heterocycles. The molecule has 2 unspecified atom stereocenters. The molecule has 0 saturated carbocycles. The van der Waals surface area contributed by atoms with Crippen LogP contribution in [0.5, 0.6) is 0 Å². The lowest BCUT2D eigenvalue weighted by molar-refractivity contribution is 0.318. The monoisotopic (exact) mass is 202 g/mol. The van der Waals surface area contributed by atoms with E-state index in [1.807, 2.05) is 0 Å². The molecule has 1 aromatic carbocycles. The Morgan fingerprint density at radius 3 is 2.67 bits per heavy atom. The van der Waals surface area contributed by atoms with Crippen molar-refractivity contribution in [2.75, 3.05) is 0 Å². The van der Waals surface area contributed by atoms with E-state index < -0.39 is 0 Å². The van der Waals surface area contributed by atoms with Gasteiger partial charge in [-0.05, 0) is 48.6 Å². The van der Waals surface area contributed by atoms with Gasteiger partial charge in [-0.15, -0.1) is 0 Å². The summed E-state index contributed by atoms with van der Waals surface area (Å²) >= 11 is 0. The first kappa shape index (κ1) is 10.7. The van der Waals surface area contributed by atoms with Crippen LogP contribution in [-0.2, 0) is 6.42 Å². The van der Waals surface area contributed by atoms with Gasteiger partial charge in [0.15, 0.2) is 0 Å². The van der Waals surface area contributed by atoms with Crippen LogP contribution in [0.1, 0.15) is 49.8 Å². The van der Waals surface area contributed by atoms with Crippen LogP contribution in [0.3, 0.4) is 0 Å². The maximum Gasteiger partial charge on any atom is -0.0185 e. The second-order valence-corrected chi connectivity index (χ2v) is 5.55. The number of hydrogen-bond acceptors (Lipinski definition) is 0. The Bertz CT molecular complexity index is 349. The van der Waals surface area contributed by atoms with Crippen molar-refractivity contribution in [2.45, 2.75) is 46.5 Å². The standard InChI is InChI=1S/C15H22/c1-10(2)13-8-12(4)15-6-5-11(3)7-14(15)9-13/h5-7,10,12-13H,8-9H2,1-4H3. The minimum Gasteiger partial charge on any atom is -0.0625 e. The van der Waals surface area contributed by atoms with E-state index in [1.54, 1.807) is 11.1 Å². The SMILES string of the molecule is Cc1ccc2c(c1)CC(C(C)C)CC2C. The molecule has 1 aliphatic rings. The highest BCUT2D eigenvalue weighted by Gasteiger charge is 2.25. The molecule has 2 atom stereocenters. The van der Waals surface area contributed by atoms with Gasteiger partial charge in [0.2, 0.25) is 0 Å². The zero-order valence-electron chi connectivity index (χ0n) is 10.4. The molecular weight excluding hydrogens is 180 g/mol. The molecule has 0 bridgehead atoms. The maximum atomic E-state index is 2.39. The second-order valence-electron chi connectivity index (χ2n) is 5.55. The molecule has 0 N–H and O–H groups in total. The van der Waals surface area contributed by atoms with Gasteiger partial charge in [-0.2, -0.15) is 0 Å². The fourth-order valence-electron chi connectivity index (χ4n) is 2.85. The molecule has 0 nitrogen and oxygen atoms in total. The minimum atomic E-state index is 0.752. The van der Waals surface area contributed by atoms with E-state index in [4.69, 9.17) is 0 Å². The topological polar surface area (TPSA) is 0 Å². The molecule has 1 aromatic rings. The zero-order chi connectivity index (χ0) is 11.0. The van der Waals surface area contributed by atoms with Crippen LogP contribution >= 0.6 is 0 Å². The number of fused-ring (bicyclic) bond motifs is 1. The van der Waals surface area contributed by atoms with Crippen molar-refractivity contribution >= 4 is 0 Å². The molecule has 1 aliphatic carbocycles. The molecule has 0 amide bonds. The molecule has 2 rings (SSSR count). The highest BCUT2D eigenvalue weighted by molar-refractivity contribution is 5.36. The predicted octanol–water partition coefficient (Wildman–Crippen LogP) is 4.32. The smallest absolute Gasteiger partial charge is 0.0185 e. The number of benzene rings is 1. The predicted molar refractivity (Wildman–Crippen MR) is 66.2 cm³/mol. The van der Waals surface area contributed by atoms with E-state index in [1.165, 1.54) is 18.4 Å². The Hall–Kier alpha value is -0.780. The van der Waals surface area contributed by atoms with Crippen molar-refractivity contribution in [1.82, 2.24) is 0 Å². The average molecular weight is 202 g/mol. The lowest BCUT2D eigenvalue weighted by Crippen LogP contribution is -2.21. The largest absolute Gasteiger partial charge is 0.0625 e. The van der Waals surface area contributed by atoms with Gasteiger partial charge in [-0.1, -0.05) is 44.5 Å². The Morgan fingerprint density at radius 2 is 2.00 bits per heavy atom. The summed E-state index contributed by atoms with van der Waals surface area (Å²) in [6, 6.07) is 6.98. The summed E-state index contributed by atoms with van der Waals surface area (Å²) < 4.78 is 0. The zero-order valence-corrected chi connectivity index (χ0v) is 10.4. The van der Waals surface area contributed by atoms with Crippen LogP contribution in [0.25, 0.3) is 0 Å². The normalized spacial score (nSPS) is 25.4. The molecule has 0 heteroatoms. The molecule has 15 heavy (non-hydrogen) atoms. The third-order valence-electron chi connectivity index (χ3n) is 3.91. The van der Waals surface area contributed by atoms with Gasteiger partial charge in [0.1, 0.15) is 0 Å². The lowest BCUT2D eigenvalue weighted by Gasteiger charge is -2.32. The van der Waals surface area contributed by atoms with Crippen LogP contribution in [0, 0.1) is 18.8 Å². The van der Waals surface area contributed by atoms with E-state index in [9.17, 15) is 0 Å². The van der Waals surface area contributed by atoms with Gasteiger partial charge in [-0.25, -0.2) is 0 Å². The van der Waals surface area contributed by atoms with E-state index >= 15 is 0 Å². The Kier molecular flexibility index (Phi) is 2.86. The highest BCUT2D eigenvalue weighted by Crippen LogP contribution is 2.37. The van der Waals surface area contributed by atoms with Gasteiger partial charge < -0.3 is 0 Å². The molecule has 0 aliphatic heterocycles. The quantitative estimate of drug-likeness (QED) is 0.636. The molecule has 0 radical (unpaired) electrons. The molecule has 0 spiro atoms. The number of aryl methyl sites for hydroxylation is 1. The number of hydrogen-bond donors (Lipinski definition) is 0. The summed E-state index contributed by atoms with van der Waals surface area (Å²) in [6.07, 6.45) is 2.66. The summed E-state index contributed by atoms with van der Waals surface area (Å²) in [5.74, 6) is 2.46. The van der Waals surface area contributed by atoms with Crippen molar-refractivity contribution < 1.29 is 0 Å². The van der Waals surface area contributed by atoms with Crippen LogP contribution in [0.2, 0.25) is 0 Å². The Balaban J connectivity index is 2.33. The Labute approximate surface area is 93.7 Å². The highest BCUT2D eigenvalue weighted by atomic mass is 14.3. The van der Waals surface area contributed by atoms with Crippen LogP contribution in [0.4, 0.5) is 0 Å². The third-order valence-corrected chi connectivity index (χ3v) is 3.91. The first-order valence-corrected chi connectivity index (χ1v) is 6.17. The molecule has 0 heterocycles. The first-order valence-electron chi connectivity index (χ1n) is 6.17. The van der Waals surface area contributed by atoms with Crippen LogP contribution in [-0.4, -0.2) is 0 Å². The van der Waals surface area contributed by atoms with Gasteiger partial charge in [0.25, 0.3) is 0 Å².